The number of hydrogen-bond acceptors (Lipinski definition) is 4. The predicted octanol–water partition coefficient (Wildman–Crippen LogP) is -0.973. The minimum Gasteiger partial charge on any atom is -0.456 e. The lowest BCUT2D eigenvalue weighted by Gasteiger charge is -2.09. The second kappa shape index (κ2) is 4.10. The van der Waals surface area contributed by atoms with E-state index >= 15 is 0 Å². The zero-order valence-corrected chi connectivity index (χ0v) is 8.16. The van der Waals surface area contributed by atoms with E-state index in [2.05, 4.69) is 5.32 Å². The van der Waals surface area contributed by atoms with Crippen molar-refractivity contribution in [3.8, 4) is 0 Å². The molecule has 0 aromatic heterocycles. The maximum atomic E-state index is 11.2. The molecule has 0 bridgehead atoms. The number of nitrogens with zero attached hydrogens (tertiary/aromatic N) is 1. The fourth-order valence-corrected chi connectivity index (χ4v) is 1.17. The van der Waals surface area contributed by atoms with Crippen molar-refractivity contribution < 1.29 is 14.3 Å². The smallest absolute Gasteiger partial charge is 0.337 e. The molecule has 0 aromatic carbocycles. The Balaban J connectivity index is 2.79. The Morgan fingerprint density at radius 3 is 2.79 bits per heavy atom. The molecule has 1 aliphatic rings. The van der Waals surface area contributed by atoms with Crippen LogP contribution in [0.15, 0.2) is 11.3 Å². The zero-order valence-electron chi connectivity index (χ0n) is 8.16. The van der Waals surface area contributed by atoms with Gasteiger partial charge in [-0.15, -0.1) is 0 Å². The molecule has 1 heterocycles. The van der Waals surface area contributed by atoms with Gasteiger partial charge in [-0.05, 0) is 14.1 Å². The third-order valence-electron chi connectivity index (χ3n) is 1.71. The summed E-state index contributed by atoms with van der Waals surface area (Å²) in [6.45, 7) is 0.513. The third kappa shape index (κ3) is 2.46. The van der Waals surface area contributed by atoms with Gasteiger partial charge in [-0.3, -0.25) is 0 Å². The number of carbonyl (C=O) groups excluding carboxylic acids is 2. The van der Waals surface area contributed by atoms with Crippen LogP contribution in [-0.4, -0.2) is 44.1 Å². The maximum absolute atomic E-state index is 11.2. The van der Waals surface area contributed by atoms with E-state index in [1.165, 1.54) is 0 Å². The molecule has 0 saturated carbocycles. The lowest BCUT2D eigenvalue weighted by atomic mass is 10.2. The van der Waals surface area contributed by atoms with Gasteiger partial charge in [-0.1, -0.05) is 0 Å². The van der Waals surface area contributed by atoms with Crippen molar-refractivity contribution in [2.75, 3.05) is 27.2 Å². The summed E-state index contributed by atoms with van der Waals surface area (Å²) in [4.78, 5) is 23.6. The summed E-state index contributed by atoms with van der Waals surface area (Å²) in [6.07, 6.45) is 0. The van der Waals surface area contributed by atoms with Gasteiger partial charge in [0.15, 0.2) is 0 Å². The number of carbonyl (C=O) groups is 2. The highest BCUT2D eigenvalue weighted by Crippen LogP contribution is 2.13. The van der Waals surface area contributed by atoms with Gasteiger partial charge in [0, 0.05) is 6.54 Å². The molecule has 0 radical (unpaired) electrons. The molecule has 0 unspecified atom stereocenters. The number of cyclic esters (lactones) is 1. The molecule has 0 fully saturated rings. The summed E-state index contributed by atoms with van der Waals surface area (Å²) in [6, 6.07) is -0.686. The van der Waals surface area contributed by atoms with Gasteiger partial charge in [-0.2, -0.15) is 0 Å². The molecule has 6 nitrogen and oxygen atoms in total. The number of ether oxygens (including phenoxy) is 1. The number of amides is 2. The van der Waals surface area contributed by atoms with Crippen molar-refractivity contribution >= 4 is 12.0 Å². The Bertz CT molecular complexity index is 296. The summed E-state index contributed by atoms with van der Waals surface area (Å²) in [5.74, 6) is -0.401. The highest BCUT2D eigenvalue weighted by Gasteiger charge is 2.25. The normalized spacial score (nSPS) is 16.1. The fraction of sp³-hybridized carbons (Fsp3) is 0.500. The van der Waals surface area contributed by atoms with Crippen molar-refractivity contribution in [3.05, 3.63) is 11.3 Å². The molecule has 0 aliphatic carbocycles. The van der Waals surface area contributed by atoms with E-state index in [-0.39, 0.29) is 6.61 Å². The third-order valence-corrected chi connectivity index (χ3v) is 1.71. The van der Waals surface area contributed by atoms with Crippen LogP contribution < -0.4 is 11.1 Å². The number of likely N-dealkylation sites (N-methyl/N-ethyl adjacent to an activating group) is 1. The van der Waals surface area contributed by atoms with Gasteiger partial charge in [-0.25, -0.2) is 9.59 Å². The SMILES string of the molecule is CN(C)CC1=C(NC(N)=O)COC1=O. The van der Waals surface area contributed by atoms with Crippen LogP contribution in [0.5, 0.6) is 0 Å². The van der Waals surface area contributed by atoms with Gasteiger partial charge < -0.3 is 20.7 Å². The van der Waals surface area contributed by atoms with Gasteiger partial charge in [0.2, 0.25) is 0 Å². The maximum Gasteiger partial charge on any atom is 0.337 e. The average molecular weight is 199 g/mol. The van der Waals surface area contributed by atoms with Gasteiger partial charge in [0.25, 0.3) is 0 Å². The summed E-state index contributed by atoms with van der Waals surface area (Å²) < 4.78 is 4.77. The molecule has 0 spiro atoms. The Kier molecular flexibility index (Phi) is 3.08. The van der Waals surface area contributed by atoms with E-state index < -0.39 is 12.0 Å². The first kappa shape index (κ1) is 10.5. The van der Waals surface area contributed by atoms with E-state index in [0.29, 0.717) is 17.8 Å². The Labute approximate surface area is 81.7 Å². The summed E-state index contributed by atoms with van der Waals surface area (Å²) in [5.41, 5.74) is 5.85. The van der Waals surface area contributed by atoms with Crippen molar-refractivity contribution in [2.45, 2.75) is 0 Å². The minimum absolute atomic E-state index is 0.0882. The van der Waals surface area contributed by atoms with E-state index in [4.69, 9.17) is 10.5 Å². The van der Waals surface area contributed by atoms with Gasteiger partial charge in [0.05, 0.1) is 11.3 Å². The number of hydrogen-bond donors (Lipinski definition) is 2. The van der Waals surface area contributed by atoms with Gasteiger partial charge >= 0.3 is 12.0 Å². The van der Waals surface area contributed by atoms with Crippen LogP contribution in [0.3, 0.4) is 0 Å². The van der Waals surface area contributed by atoms with E-state index in [0.717, 1.165) is 0 Å². The Morgan fingerprint density at radius 2 is 2.29 bits per heavy atom. The van der Waals surface area contributed by atoms with Crippen molar-refractivity contribution in [1.29, 1.82) is 0 Å². The molecule has 0 aromatic rings. The number of esters is 1. The van der Waals surface area contributed by atoms with Gasteiger partial charge in [0.1, 0.15) is 6.61 Å². The zero-order chi connectivity index (χ0) is 10.7. The molecule has 78 valence electrons. The second-order valence-electron chi connectivity index (χ2n) is 3.26. The van der Waals surface area contributed by atoms with Crippen molar-refractivity contribution in [2.24, 2.45) is 5.73 Å². The topological polar surface area (TPSA) is 84.7 Å². The minimum atomic E-state index is -0.686. The van der Waals surface area contributed by atoms with Crippen LogP contribution in [0.1, 0.15) is 0 Å². The van der Waals surface area contributed by atoms with Crippen LogP contribution in [0.25, 0.3) is 0 Å². The average Bonchev–Trinajstić information content (AvgIpc) is 2.34. The summed E-state index contributed by atoms with van der Waals surface area (Å²) in [7, 11) is 3.64. The summed E-state index contributed by atoms with van der Waals surface area (Å²) >= 11 is 0. The first-order chi connectivity index (χ1) is 6.50. The Morgan fingerprint density at radius 1 is 1.64 bits per heavy atom. The van der Waals surface area contributed by atoms with Crippen LogP contribution >= 0.6 is 0 Å². The largest absolute Gasteiger partial charge is 0.456 e. The van der Waals surface area contributed by atoms with Crippen LogP contribution in [0.4, 0.5) is 4.79 Å². The standard InChI is InChI=1S/C8H13N3O3/c1-11(2)3-5-6(10-8(9)13)4-14-7(5)12/h3-4H2,1-2H3,(H3,9,10,13). The molecule has 6 heteroatoms. The number of urea groups is 1. The molecular formula is C8H13N3O3. The number of primary amides is 1. The fourth-order valence-electron chi connectivity index (χ4n) is 1.17. The van der Waals surface area contributed by atoms with Crippen molar-refractivity contribution in [1.82, 2.24) is 10.2 Å². The number of rotatable bonds is 3. The monoisotopic (exact) mass is 199 g/mol. The lowest BCUT2D eigenvalue weighted by Crippen LogP contribution is -2.31. The number of nitrogens with one attached hydrogen (secondary N) is 1. The second-order valence-corrected chi connectivity index (χ2v) is 3.26. The predicted molar refractivity (Wildman–Crippen MR) is 49.3 cm³/mol. The van der Waals surface area contributed by atoms with Crippen molar-refractivity contribution in [3.63, 3.8) is 0 Å². The molecule has 2 amide bonds. The van der Waals surface area contributed by atoms with Crippen LogP contribution in [0, 0.1) is 0 Å². The molecule has 0 atom stereocenters. The van der Waals surface area contributed by atoms with Crippen LogP contribution in [-0.2, 0) is 9.53 Å². The lowest BCUT2D eigenvalue weighted by molar-refractivity contribution is -0.136. The molecule has 1 rings (SSSR count). The molecule has 3 N–H and O–H groups in total. The molecule has 1 aliphatic heterocycles. The number of nitrogens with two attached hydrogens (primary N) is 1. The highest BCUT2D eigenvalue weighted by molar-refractivity contribution is 5.93. The molecule has 14 heavy (non-hydrogen) atoms. The Hall–Kier alpha value is -1.56. The first-order valence-electron chi connectivity index (χ1n) is 4.11. The van der Waals surface area contributed by atoms with E-state index in [1.807, 2.05) is 19.0 Å². The van der Waals surface area contributed by atoms with Crippen LogP contribution in [0.2, 0.25) is 0 Å². The van der Waals surface area contributed by atoms with E-state index in [1.54, 1.807) is 0 Å². The first-order valence-corrected chi connectivity index (χ1v) is 4.11. The highest BCUT2D eigenvalue weighted by atomic mass is 16.5. The quantitative estimate of drug-likeness (QED) is 0.572. The molecular weight excluding hydrogens is 186 g/mol. The summed E-state index contributed by atoms with van der Waals surface area (Å²) in [5, 5.41) is 2.37. The van der Waals surface area contributed by atoms with E-state index in [9.17, 15) is 9.59 Å². The molecule has 0 saturated heterocycles.